The fourth-order valence-electron chi connectivity index (χ4n) is 1.77. The number of esters is 1. The molecule has 4 heteroatoms. The van der Waals surface area contributed by atoms with Gasteiger partial charge in [-0.05, 0) is 18.6 Å². The minimum Gasteiger partial charge on any atom is -0.427 e. The number of benzene rings is 1. The van der Waals surface area contributed by atoms with Gasteiger partial charge in [0.1, 0.15) is 5.75 Å². The number of hydrogen-bond donors (Lipinski definition) is 1. The Morgan fingerprint density at radius 2 is 2.24 bits per heavy atom. The smallest absolute Gasteiger partial charge is 0.311 e. The quantitative estimate of drug-likeness (QED) is 0.632. The monoisotopic (exact) mass is 235 g/mol. The lowest BCUT2D eigenvalue weighted by Crippen LogP contribution is -2.41. The van der Waals surface area contributed by atoms with Crippen molar-refractivity contribution in [2.45, 2.75) is 18.9 Å². The number of rotatable bonds is 4. The number of para-hydroxylation sites is 1. The Kier molecular flexibility index (Phi) is 4.53. The lowest BCUT2D eigenvalue weighted by atomic mass is 10.1. The molecule has 0 aliphatic carbocycles. The van der Waals surface area contributed by atoms with Gasteiger partial charge < -0.3 is 14.8 Å². The molecule has 0 spiro atoms. The zero-order valence-electron chi connectivity index (χ0n) is 9.72. The fourth-order valence-corrected chi connectivity index (χ4v) is 1.77. The van der Waals surface area contributed by atoms with Crippen LogP contribution >= 0.6 is 0 Å². The summed E-state index contributed by atoms with van der Waals surface area (Å²) in [6.45, 7) is 2.29. The summed E-state index contributed by atoms with van der Waals surface area (Å²) in [6.07, 6.45) is 1.17. The Bertz CT molecular complexity index is 347. The summed E-state index contributed by atoms with van der Waals surface area (Å²) in [5, 5.41) is 3.31. The zero-order chi connectivity index (χ0) is 11.9. The van der Waals surface area contributed by atoms with E-state index in [1.807, 2.05) is 18.2 Å². The Morgan fingerprint density at radius 3 is 2.94 bits per heavy atom. The van der Waals surface area contributed by atoms with E-state index < -0.39 is 0 Å². The minimum absolute atomic E-state index is 0.191. The number of carbonyl (C=O) groups is 1. The van der Waals surface area contributed by atoms with Crippen LogP contribution in [0.4, 0.5) is 0 Å². The van der Waals surface area contributed by atoms with E-state index in [9.17, 15) is 4.79 Å². The lowest BCUT2D eigenvalue weighted by Gasteiger charge is -2.23. The summed E-state index contributed by atoms with van der Waals surface area (Å²) < 4.78 is 10.5. The number of hydrogen-bond acceptors (Lipinski definition) is 4. The molecule has 0 amide bonds. The van der Waals surface area contributed by atoms with Crippen LogP contribution < -0.4 is 10.1 Å². The van der Waals surface area contributed by atoms with E-state index in [-0.39, 0.29) is 12.0 Å². The van der Waals surface area contributed by atoms with Gasteiger partial charge >= 0.3 is 5.97 Å². The van der Waals surface area contributed by atoms with Crippen LogP contribution in [-0.2, 0) is 9.53 Å². The highest BCUT2D eigenvalue weighted by molar-refractivity contribution is 5.72. The average molecular weight is 235 g/mol. The molecule has 1 unspecified atom stereocenters. The van der Waals surface area contributed by atoms with Crippen LogP contribution in [0.2, 0.25) is 0 Å². The second kappa shape index (κ2) is 6.37. The van der Waals surface area contributed by atoms with E-state index in [2.05, 4.69) is 5.32 Å². The number of morpholine rings is 1. The molecule has 0 bridgehead atoms. The highest BCUT2D eigenvalue weighted by Crippen LogP contribution is 2.10. The van der Waals surface area contributed by atoms with Gasteiger partial charge in [-0.3, -0.25) is 4.79 Å². The molecular weight excluding hydrogens is 218 g/mol. The van der Waals surface area contributed by atoms with Crippen LogP contribution in [0.3, 0.4) is 0 Å². The maximum Gasteiger partial charge on any atom is 0.311 e. The first-order valence-electron chi connectivity index (χ1n) is 5.91. The number of carbonyl (C=O) groups excluding carboxylic acids is 1. The van der Waals surface area contributed by atoms with Crippen molar-refractivity contribution in [1.29, 1.82) is 0 Å². The van der Waals surface area contributed by atoms with Gasteiger partial charge in [-0.25, -0.2) is 0 Å². The summed E-state index contributed by atoms with van der Waals surface area (Å²) in [4.78, 5) is 11.6. The van der Waals surface area contributed by atoms with Crippen molar-refractivity contribution in [2.75, 3.05) is 19.8 Å². The Hall–Kier alpha value is -1.39. The molecular formula is C13H17NO3. The largest absolute Gasteiger partial charge is 0.427 e. The predicted octanol–water partition coefficient (Wildman–Crippen LogP) is 1.36. The first kappa shape index (κ1) is 12.1. The standard InChI is InChI=1S/C13H17NO3/c15-13(17-12-4-2-1-3-5-12)7-6-11-10-16-9-8-14-11/h1-5,11,14H,6-10H2. The van der Waals surface area contributed by atoms with Crippen LogP contribution in [0, 0.1) is 0 Å². The van der Waals surface area contributed by atoms with E-state index in [0.717, 1.165) is 19.6 Å². The molecule has 1 aromatic carbocycles. The van der Waals surface area contributed by atoms with E-state index in [0.29, 0.717) is 18.8 Å². The van der Waals surface area contributed by atoms with Gasteiger partial charge in [0.15, 0.2) is 0 Å². The van der Waals surface area contributed by atoms with Gasteiger partial charge in [-0.15, -0.1) is 0 Å². The summed E-state index contributed by atoms with van der Waals surface area (Å²) in [6, 6.07) is 9.41. The third kappa shape index (κ3) is 4.17. The maximum absolute atomic E-state index is 11.6. The highest BCUT2D eigenvalue weighted by Gasteiger charge is 2.15. The summed E-state index contributed by atoms with van der Waals surface area (Å²) in [5.74, 6) is 0.411. The molecule has 1 atom stereocenters. The molecule has 1 aliphatic rings. The van der Waals surface area contributed by atoms with Crippen molar-refractivity contribution in [2.24, 2.45) is 0 Å². The molecule has 1 heterocycles. The highest BCUT2D eigenvalue weighted by atomic mass is 16.5. The second-order valence-electron chi connectivity index (χ2n) is 4.05. The van der Waals surface area contributed by atoms with Crippen LogP contribution in [0.15, 0.2) is 30.3 Å². The van der Waals surface area contributed by atoms with Gasteiger partial charge in [0.05, 0.1) is 13.2 Å². The third-order valence-corrected chi connectivity index (χ3v) is 2.67. The summed E-state index contributed by atoms with van der Waals surface area (Å²) in [5.41, 5.74) is 0. The summed E-state index contributed by atoms with van der Waals surface area (Å²) in [7, 11) is 0. The average Bonchev–Trinajstić information content (AvgIpc) is 2.39. The van der Waals surface area contributed by atoms with Crippen molar-refractivity contribution in [3.8, 4) is 5.75 Å². The Balaban J connectivity index is 1.70. The van der Waals surface area contributed by atoms with Crippen LogP contribution in [-0.4, -0.2) is 31.8 Å². The molecule has 0 radical (unpaired) electrons. The number of ether oxygens (including phenoxy) is 2. The van der Waals surface area contributed by atoms with Crippen molar-refractivity contribution < 1.29 is 14.3 Å². The fraction of sp³-hybridized carbons (Fsp3) is 0.462. The molecule has 1 saturated heterocycles. The van der Waals surface area contributed by atoms with Gasteiger partial charge in [-0.1, -0.05) is 18.2 Å². The first-order valence-corrected chi connectivity index (χ1v) is 5.91. The molecule has 1 aromatic rings. The van der Waals surface area contributed by atoms with E-state index >= 15 is 0 Å². The maximum atomic E-state index is 11.6. The molecule has 1 aliphatic heterocycles. The first-order chi connectivity index (χ1) is 8.34. The van der Waals surface area contributed by atoms with Crippen LogP contribution in [0.1, 0.15) is 12.8 Å². The summed E-state index contributed by atoms with van der Waals surface area (Å²) >= 11 is 0. The molecule has 0 aromatic heterocycles. The van der Waals surface area contributed by atoms with Crippen molar-refractivity contribution in [3.05, 3.63) is 30.3 Å². The van der Waals surface area contributed by atoms with Crippen LogP contribution in [0.5, 0.6) is 5.75 Å². The third-order valence-electron chi connectivity index (χ3n) is 2.67. The molecule has 2 rings (SSSR count). The van der Waals surface area contributed by atoms with Crippen LogP contribution in [0.25, 0.3) is 0 Å². The molecule has 4 nitrogen and oxygen atoms in total. The Morgan fingerprint density at radius 1 is 1.41 bits per heavy atom. The molecule has 17 heavy (non-hydrogen) atoms. The molecule has 92 valence electrons. The normalized spacial score (nSPS) is 19.9. The SMILES string of the molecule is O=C(CCC1COCCN1)Oc1ccccc1. The van der Waals surface area contributed by atoms with E-state index in [1.165, 1.54) is 0 Å². The van der Waals surface area contributed by atoms with Crippen molar-refractivity contribution in [3.63, 3.8) is 0 Å². The molecule has 1 fully saturated rings. The Labute approximate surface area is 101 Å². The van der Waals surface area contributed by atoms with E-state index in [1.54, 1.807) is 12.1 Å². The topological polar surface area (TPSA) is 47.6 Å². The predicted molar refractivity (Wildman–Crippen MR) is 63.9 cm³/mol. The second-order valence-corrected chi connectivity index (χ2v) is 4.05. The minimum atomic E-state index is -0.191. The van der Waals surface area contributed by atoms with Gasteiger partial charge in [0.25, 0.3) is 0 Å². The molecule has 0 saturated carbocycles. The molecule has 1 N–H and O–H groups in total. The van der Waals surface area contributed by atoms with Crippen molar-refractivity contribution in [1.82, 2.24) is 5.32 Å². The number of nitrogens with one attached hydrogen (secondary N) is 1. The van der Waals surface area contributed by atoms with Gasteiger partial charge in [0.2, 0.25) is 0 Å². The van der Waals surface area contributed by atoms with Crippen molar-refractivity contribution >= 4 is 5.97 Å². The van der Waals surface area contributed by atoms with E-state index in [4.69, 9.17) is 9.47 Å². The zero-order valence-corrected chi connectivity index (χ0v) is 9.72. The van der Waals surface area contributed by atoms with Gasteiger partial charge in [-0.2, -0.15) is 0 Å². The van der Waals surface area contributed by atoms with Gasteiger partial charge in [0, 0.05) is 19.0 Å². The lowest BCUT2D eigenvalue weighted by molar-refractivity contribution is -0.134.